The predicted molar refractivity (Wildman–Crippen MR) is 127 cm³/mol. The molecule has 2 heterocycles. The molecule has 0 bridgehead atoms. The zero-order valence-corrected chi connectivity index (χ0v) is 20.0. The summed E-state index contributed by atoms with van der Waals surface area (Å²) in [7, 11) is 5.28. The number of nitrogens with one attached hydrogen (secondary N) is 1. The van der Waals surface area contributed by atoms with Crippen LogP contribution in [0.15, 0.2) is 30.3 Å². The lowest BCUT2D eigenvalue weighted by Gasteiger charge is -2.33. The van der Waals surface area contributed by atoms with Crippen molar-refractivity contribution < 1.29 is 18.7 Å². The topological polar surface area (TPSA) is 68.6 Å². The summed E-state index contributed by atoms with van der Waals surface area (Å²) in [4.78, 5) is 19.1. The molecule has 0 aliphatic heterocycles. The van der Waals surface area contributed by atoms with Gasteiger partial charge in [0.1, 0.15) is 17.1 Å². The van der Waals surface area contributed by atoms with Crippen LogP contribution in [0.25, 0.3) is 11.0 Å². The van der Waals surface area contributed by atoms with Gasteiger partial charge in [0, 0.05) is 43.0 Å². The Morgan fingerprint density at radius 1 is 1.27 bits per heavy atom. The second kappa shape index (κ2) is 8.57. The lowest BCUT2D eigenvalue weighted by molar-refractivity contribution is 0.0210. The molecule has 3 aromatic rings. The number of rotatable bonds is 4. The van der Waals surface area contributed by atoms with E-state index in [0.717, 1.165) is 30.3 Å². The summed E-state index contributed by atoms with van der Waals surface area (Å²) in [5, 5.41) is 4.31. The molecule has 1 aromatic carbocycles. The van der Waals surface area contributed by atoms with Crippen molar-refractivity contribution in [2.45, 2.75) is 51.7 Å². The average Bonchev–Trinajstić information content (AvgIpc) is 3.04. The van der Waals surface area contributed by atoms with Gasteiger partial charge < -0.3 is 24.3 Å². The van der Waals surface area contributed by atoms with Crippen LogP contribution in [-0.4, -0.2) is 46.3 Å². The van der Waals surface area contributed by atoms with Gasteiger partial charge in [-0.15, -0.1) is 0 Å². The van der Waals surface area contributed by atoms with Crippen LogP contribution in [0.5, 0.6) is 5.75 Å². The van der Waals surface area contributed by atoms with E-state index in [2.05, 4.69) is 16.0 Å². The summed E-state index contributed by atoms with van der Waals surface area (Å²) in [6.45, 7) is 5.63. The molecular formula is C25H31FN4O3. The van der Waals surface area contributed by atoms with E-state index in [0.29, 0.717) is 11.5 Å². The van der Waals surface area contributed by atoms with Crippen LogP contribution >= 0.6 is 0 Å². The molecule has 1 unspecified atom stereocenters. The number of pyridine rings is 1. The number of halogens is 1. The van der Waals surface area contributed by atoms with Gasteiger partial charge in [-0.2, -0.15) is 0 Å². The van der Waals surface area contributed by atoms with Gasteiger partial charge in [0.15, 0.2) is 11.6 Å². The molecule has 33 heavy (non-hydrogen) atoms. The van der Waals surface area contributed by atoms with E-state index in [-0.39, 0.29) is 17.9 Å². The molecule has 1 aliphatic rings. The minimum atomic E-state index is -0.521. The second-order valence-electron chi connectivity index (χ2n) is 9.51. The van der Waals surface area contributed by atoms with Crippen LogP contribution in [0.2, 0.25) is 0 Å². The highest BCUT2D eigenvalue weighted by Crippen LogP contribution is 2.34. The van der Waals surface area contributed by atoms with Gasteiger partial charge in [-0.05, 0) is 69.9 Å². The minimum absolute atomic E-state index is 0.0717. The van der Waals surface area contributed by atoms with Gasteiger partial charge in [0.25, 0.3) is 0 Å². The molecule has 7 nitrogen and oxygen atoms in total. The van der Waals surface area contributed by atoms with Crippen LogP contribution in [0, 0.1) is 5.82 Å². The molecule has 0 saturated heterocycles. The first kappa shape index (κ1) is 22.9. The molecule has 0 saturated carbocycles. The number of nitrogens with zero attached hydrogens (tertiary/aromatic N) is 3. The van der Waals surface area contributed by atoms with Crippen LogP contribution < -0.4 is 10.1 Å². The van der Waals surface area contributed by atoms with Gasteiger partial charge in [-0.25, -0.2) is 14.2 Å². The Hall–Kier alpha value is -3.29. The highest BCUT2D eigenvalue weighted by molar-refractivity contribution is 5.85. The van der Waals surface area contributed by atoms with E-state index in [4.69, 9.17) is 14.5 Å². The Labute approximate surface area is 193 Å². The van der Waals surface area contributed by atoms with Gasteiger partial charge in [-0.1, -0.05) is 0 Å². The Morgan fingerprint density at radius 3 is 2.73 bits per heavy atom. The molecule has 0 radical (unpaired) electrons. The standard InChI is InChI=1S/C25H31FN4O3/c1-25(2,3)33-24(31)29(4)16-8-11-20-18(14-16)17-9-12-22(28-23(17)30(20)5)27-15-7-10-19(26)21(13-15)32-6/h7,9-10,12-13,16H,8,11,14H2,1-6H3,(H,27,28). The second-order valence-corrected chi connectivity index (χ2v) is 9.51. The van der Waals surface area contributed by atoms with Crippen molar-refractivity contribution in [3.05, 3.63) is 47.4 Å². The molecule has 0 spiro atoms. The Bertz CT molecular complexity index is 1200. The van der Waals surface area contributed by atoms with Crippen LogP contribution in [0.4, 0.5) is 20.7 Å². The number of carbonyl (C=O) groups is 1. The third kappa shape index (κ3) is 4.60. The third-order valence-electron chi connectivity index (χ3n) is 6.08. The molecule has 1 amide bonds. The van der Waals surface area contributed by atoms with E-state index in [1.165, 1.54) is 24.4 Å². The molecule has 176 valence electrons. The number of aryl methyl sites for hydroxylation is 1. The zero-order chi connectivity index (χ0) is 23.9. The molecular weight excluding hydrogens is 423 g/mol. The molecule has 1 N–H and O–H groups in total. The fourth-order valence-electron chi connectivity index (χ4n) is 4.38. The summed E-state index contributed by atoms with van der Waals surface area (Å²) in [6, 6.07) is 8.66. The first-order valence-electron chi connectivity index (χ1n) is 11.1. The summed E-state index contributed by atoms with van der Waals surface area (Å²) in [6.07, 6.45) is 2.19. The average molecular weight is 455 g/mol. The van der Waals surface area contributed by atoms with Crippen LogP contribution in [-0.2, 0) is 24.6 Å². The maximum absolute atomic E-state index is 13.7. The number of benzene rings is 1. The Balaban J connectivity index is 1.58. The van der Waals surface area contributed by atoms with E-state index in [9.17, 15) is 9.18 Å². The van der Waals surface area contributed by atoms with Gasteiger partial charge in [-0.3, -0.25) is 0 Å². The van der Waals surface area contributed by atoms with E-state index in [1.54, 1.807) is 17.0 Å². The Morgan fingerprint density at radius 2 is 2.03 bits per heavy atom. The van der Waals surface area contributed by atoms with Crippen molar-refractivity contribution in [3.8, 4) is 5.75 Å². The molecule has 0 fully saturated rings. The fraction of sp³-hybridized carbons (Fsp3) is 0.440. The quantitative estimate of drug-likeness (QED) is 0.588. The number of amides is 1. The Kier molecular flexibility index (Phi) is 5.95. The van der Waals surface area contributed by atoms with E-state index >= 15 is 0 Å². The molecule has 1 aliphatic carbocycles. The highest BCUT2D eigenvalue weighted by atomic mass is 19.1. The predicted octanol–water partition coefficient (Wildman–Crippen LogP) is 5.19. The molecule has 4 rings (SSSR count). The largest absolute Gasteiger partial charge is 0.494 e. The number of methoxy groups -OCH3 is 1. The van der Waals surface area contributed by atoms with E-state index in [1.807, 2.05) is 40.9 Å². The molecule has 8 heteroatoms. The monoisotopic (exact) mass is 454 g/mol. The smallest absolute Gasteiger partial charge is 0.410 e. The highest BCUT2D eigenvalue weighted by Gasteiger charge is 2.31. The van der Waals surface area contributed by atoms with E-state index < -0.39 is 11.4 Å². The lowest BCUT2D eigenvalue weighted by Crippen LogP contribution is -2.43. The van der Waals surface area contributed by atoms with Crippen molar-refractivity contribution in [1.82, 2.24) is 14.5 Å². The third-order valence-corrected chi connectivity index (χ3v) is 6.08. The maximum Gasteiger partial charge on any atom is 0.410 e. The number of likely N-dealkylation sites (N-methyl/N-ethyl adjacent to an activating group) is 1. The van der Waals surface area contributed by atoms with Crippen molar-refractivity contribution in [2.24, 2.45) is 7.05 Å². The van der Waals surface area contributed by atoms with Gasteiger partial charge >= 0.3 is 6.09 Å². The van der Waals surface area contributed by atoms with Crippen molar-refractivity contribution in [3.63, 3.8) is 0 Å². The van der Waals surface area contributed by atoms with Gasteiger partial charge in [0.05, 0.1) is 7.11 Å². The van der Waals surface area contributed by atoms with Gasteiger partial charge in [0.2, 0.25) is 0 Å². The fourth-order valence-corrected chi connectivity index (χ4v) is 4.38. The van der Waals surface area contributed by atoms with Crippen molar-refractivity contribution in [1.29, 1.82) is 0 Å². The minimum Gasteiger partial charge on any atom is -0.494 e. The first-order valence-corrected chi connectivity index (χ1v) is 11.1. The molecule has 2 aromatic heterocycles. The van der Waals surface area contributed by atoms with Crippen LogP contribution in [0.1, 0.15) is 38.4 Å². The molecule has 1 atom stereocenters. The summed E-state index contributed by atoms with van der Waals surface area (Å²) >= 11 is 0. The number of carbonyl (C=O) groups excluding carboxylic acids is 1. The number of hydrogen-bond donors (Lipinski definition) is 1. The maximum atomic E-state index is 13.7. The zero-order valence-electron chi connectivity index (χ0n) is 20.0. The summed E-state index contributed by atoms with van der Waals surface area (Å²) in [5.74, 6) is 0.430. The number of anilines is 2. The summed E-state index contributed by atoms with van der Waals surface area (Å²) in [5.41, 5.74) is 3.51. The first-order chi connectivity index (χ1) is 15.6. The number of aromatic nitrogens is 2. The SMILES string of the molecule is COc1cc(Nc2ccc3c4c(n(C)c3n2)CCC(N(C)C(=O)OC(C)(C)C)C4)ccc1F. The number of fused-ring (bicyclic) bond motifs is 3. The lowest BCUT2D eigenvalue weighted by atomic mass is 9.91. The van der Waals surface area contributed by atoms with Crippen molar-refractivity contribution >= 4 is 28.6 Å². The summed E-state index contributed by atoms with van der Waals surface area (Å²) < 4.78 is 26.5. The van der Waals surface area contributed by atoms with Crippen molar-refractivity contribution in [2.75, 3.05) is 19.5 Å². The number of hydrogen-bond acceptors (Lipinski definition) is 5. The van der Waals surface area contributed by atoms with Crippen LogP contribution in [0.3, 0.4) is 0 Å². The normalized spacial score (nSPS) is 15.8. The number of ether oxygens (including phenoxy) is 2.